The van der Waals surface area contributed by atoms with Crippen LogP contribution < -0.4 is 10.9 Å². The summed E-state index contributed by atoms with van der Waals surface area (Å²) in [6.07, 6.45) is -0.233. The second kappa shape index (κ2) is 4.61. The van der Waals surface area contributed by atoms with Gasteiger partial charge in [-0.2, -0.15) is 0 Å². The highest BCUT2D eigenvalue weighted by atomic mass is 16.6. The van der Waals surface area contributed by atoms with Crippen LogP contribution in [0, 0.1) is 0 Å². The van der Waals surface area contributed by atoms with Gasteiger partial charge in [0.2, 0.25) is 0 Å². The second-order valence-electron chi connectivity index (χ2n) is 4.32. The molecule has 0 atom stereocenters. The Kier molecular flexibility index (Phi) is 3.71. The van der Waals surface area contributed by atoms with Gasteiger partial charge in [-0.1, -0.05) is 0 Å². The predicted octanol–water partition coefficient (Wildman–Crippen LogP) is 0.331. The van der Waals surface area contributed by atoms with Gasteiger partial charge in [0.15, 0.2) is 0 Å². The second-order valence-corrected chi connectivity index (χ2v) is 4.32. The fourth-order valence-corrected chi connectivity index (χ4v) is 1.18. The van der Waals surface area contributed by atoms with Crippen molar-refractivity contribution < 1.29 is 9.53 Å². The first kappa shape index (κ1) is 11.3. The first-order valence-electron chi connectivity index (χ1n) is 4.93. The quantitative estimate of drug-likeness (QED) is 0.593. The molecule has 0 aromatic carbocycles. The Labute approximate surface area is 84.8 Å². The van der Waals surface area contributed by atoms with E-state index in [1.165, 1.54) is 0 Å². The normalized spacial score (nSPS) is 18.9. The Morgan fingerprint density at radius 3 is 2.14 bits per heavy atom. The lowest BCUT2D eigenvalue weighted by molar-refractivity contribution is 0.0267. The molecule has 5 heteroatoms. The molecular formula is C9H19N3O2. The summed E-state index contributed by atoms with van der Waals surface area (Å²) in [5.74, 6) is 0. The average Bonchev–Trinajstić information content (AvgIpc) is 2.27. The van der Waals surface area contributed by atoms with Crippen LogP contribution in [0.25, 0.3) is 0 Å². The molecule has 1 amide bonds. The molecule has 14 heavy (non-hydrogen) atoms. The maximum atomic E-state index is 11.6. The van der Waals surface area contributed by atoms with Gasteiger partial charge in [-0.15, -0.1) is 0 Å². The number of amides is 1. The van der Waals surface area contributed by atoms with E-state index < -0.39 is 5.60 Å². The summed E-state index contributed by atoms with van der Waals surface area (Å²) in [5, 5.41) is 0. The number of nitrogens with zero attached hydrogens (tertiary/aromatic N) is 1. The molecule has 5 nitrogen and oxygen atoms in total. The van der Waals surface area contributed by atoms with Crippen LogP contribution in [-0.4, -0.2) is 42.8 Å². The molecule has 0 spiro atoms. The van der Waals surface area contributed by atoms with Gasteiger partial charge in [0.1, 0.15) is 5.60 Å². The van der Waals surface area contributed by atoms with Crippen molar-refractivity contribution in [3.8, 4) is 0 Å². The van der Waals surface area contributed by atoms with Crippen LogP contribution in [0.15, 0.2) is 0 Å². The molecule has 1 aliphatic rings. The molecule has 1 aliphatic heterocycles. The van der Waals surface area contributed by atoms with Crippen LogP contribution >= 0.6 is 0 Å². The largest absolute Gasteiger partial charge is 0.444 e. The molecule has 0 aromatic rings. The minimum absolute atomic E-state index is 0.233. The third-order valence-electron chi connectivity index (χ3n) is 1.79. The van der Waals surface area contributed by atoms with E-state index in [4.69, 9.17) is 4.74 Å². The molecule has 82 valence electrons. The van der Waals surface area contributed by atoms with Crippen LogP contribution in [-0.2, 0) is 4.74 Å². The molecule has 1 rings (SSSR count). The molecule has 0 bridgehead atoms. The van der Waals surface area contributed by atoms with Gasteiger partial charge in [0.05, 0.1) is 0 Å². The van der Waals surface area contributed by atoms with Gasteiger partial charge < -0.3 is 9.64 Å². The SMILES string of the molecule is CC(C)(C)OC(=O)N1CCNNCC1. The topological polar surface area (TPSA) is 53.6 Å². The molecule has 1 fully saturated rings. The number of carbonyl (C=O) groups excluding carboxylic acids is 1. The van der Waals surface area contributed by atoms with Crippen LogP contribution in [0.5, 0.6) is 0 Å². The third kappa shape index (κ3) is 3.93. The van der Waals surface area contributed by atoms with Gasteiger partial charge >= 0.3 is 6.09 Å². The molecule has 0 radical (unpaired) electrons. The highest BCUT2D eigenvalue weighted by molar-refractivity contribution is 5.68. The van der Waals surface area contributed by atoms with Crippen molar-refractivity contribution in [3.05, 3.63) is 0 Å². The van der Waals surface area contributed by atoms with E-state index in [2.05, 4.69) is 10.9 Å². The summed E-state index contributed by atoms with van der Waals surface area (Å²) < 4.78 is 5.26. The number of carbonyl (C=O) groups is 1. The maximum Gasteiger partial charge on any atom is 0.410 e. The number of ether oxygens (including phenoxy) is 1. The molecular weight excluding hydrogens is 182 g/mol. The minimum atomic E-state index is -0.412. The number of hydrogen-bond donors (Lipinski definition) is 2. The number of hydrazine groups is 1. The first-order valence-corrected chi connectivity index (χ1v) is 4.93. The van der Waals surface area contributed by atoms with E-state index in [9.17, 15) is 4.79 Å². The monoisotopic (exact) mass is 201 g/mol. The Morgan fingerprint density at radius 2 is 1.71 bits per heavy atom. The van der Waals surface area contributed by atoms with E-state index in [0.29, 0.717) is 13.1 Å². The summed E-state index contributed by atoms with van der Waals surface area (Å²) in [4.78, 5) is 13.3. The highest BCUT2D eigenvalue weighted by Crippen LogP contribution is 2.09. The molecule has 2 N–H and O–H groups in total. The zero-order valence-corrected chi connectivity index (χ0v) is 9.09. The summed E-state index contributed by atoms with van der Waals surface area (Å²) in [7, 11) is 0. The van der Waals surface area contributed by atoms with Crippen LogP contribution in [0.3, 0.4) is 0 Å². The molecule has 1 heterocycles. The van der Waals surface area contributed by atoms with Crippen molar-refractivity contribution in [1.29, 1.82) is 0 Å². The zero-order chi connectivity index (χ0) is 10.6. The lowest BCUT2D eigenvalue weighted by atomic mass is 10.2. The van der Waals surface area contributed by atoms with Crippen molar-refractivity contribution in [2.45, 2.75) is 26.4 Å². The predicted molar refractivity (Wildman–Crippen MR) is 53.8 cm³/mol. The Balaban J connectivity index is 2.42. The highest BCUT2D eigenvalue weighted by Gasteiger charge is 2.22. The van der Waals surface area contributed by atoms with Crippen molar-refractivity contribution >= 4 is 6.09 Å². The lowest BCUT2D eigenvalue weighted by Gasteiger charge is -2.25. The van der Waals surface area contributed by atoms with Crippen molar-refractivity contribution in [2.75, 3.05) is 26.2 Å². The Morgan fingerprint density at radius 1 is 1.21 bits per heavy atom. The number of rotatable bonds is 0. The average molecular weight is 201 g/mol. The summed E-state index contributed by atoms with van der Waals surface area (Å²) >= 11 is 0. The van der Waals surface area contributed by atoms with Crippen LogP contribution in [0.2, 0.25) is 0 Å². The summed E-state index contributed by atoms with van der Waals surface area (Å²) in [6, 6.07) is 0. The lowest BCUT2D eigenvalue weighted by Crippen LogP contribution is -2.39. The maximum absolute atomic E-state index is 11.6. The van der Waals surface area contributed by atoms with Gasteiger partial charge in [0, 0.05) is 26.2 Å². The van der Waals surface area contributed by atoms with E-state index in [0.717, 1.165) is 13.1 Å². The molecule has 0 aromatic heterocycles. The van der Waals surface area contributed by atoms with Crippen LogP contribution in [0.4, 0.5) is 4.79 Å². The third-order valence-corrected chi connectivity index (χ3v) is 1.79. The number of nitrogens with one attached hydrogen (secondary N) is 2. The smallest absolute Gasteiger partial charge is 0.410 e. The Hall–Kier alpha value is -0.810. The van der Waals surface area contributed by atoms with Gasteiger partial charge in [0.25, 0.3) is 0 Å². The van der Waals surface area contributed by atoms with E-state index in [1.54, 1.807) is 4.90 Å². The standard InChI is InChI=1S/C9H19N3O2/c1-9(2,3)14-8(13)12-6-4-10-11-5-7-12/h10-11H,4-7H2,1-3H3. The van der Waals surface area contributed by atoms with Crippen molar-refractivity contribution in [3.63, 3.8) is 0 Å². The molecule has 0 saturated carbocycles. The van der Waals surface area contributed by atoms with E-state index in [-0.39, 0.29) is 6.09 Å². The van der Waals surface area contributed by atoms with Gasteiger partial charge in [-0.25, -0.2) is 4.79 Å². The minimum Gasteiger partial charge on any atom is -0.444 e. The molecule has 0 aliphatic carbocycles. The fourth-order valence-electron chi connectivity index (χ4n) is 1.18. The summed E-state index contributed by atoms with van der Waals surface area (Å²) in [6.45, 7) is 8.49. The first-order chi connectivity index (χ1) is 6.49. The molecule has 1 saturated heterocycles. The molecule has 0 unspecified atom stereocenters. The Bertz CT molecular complexity index is 193. The van der Waals surface area contributed by atoms with Gasteiger partial charge in [-0.05, 0) is 20.8 Å². The fraction of sp³-hybridized carbons (Fsp3) is 0.889. The van der Waals surface area contributed by atoms with Crippen LogP contribution in [0.1, 0.15) is 20.8 Å². The van der Waals surface area contributed by atoms with E-state index >= 15 is 0 Å². The van der Waals surface area contributed by atoms with E-state index in [1.807, 2.05) is 20.8 Å². The van der Waals surface area contributed by atoms with Crippen molar-refractivity contribution in [1.82, 2.24) is 15.8 Å². The van der Waals surface area contributed by atoms with Gasteiger partial charge in [-0.3, -0.25) is 10.9 Å². The number of hydrogen-bond acceptors (Lipinski definition) is 4. The van der Waals surface area contributed by atoms with Crippen molar-refractivity contribution in [2.24, 2.45) is 0 Å². The summed E-state index contributed by atoms with van der Waals surface area (Å²) in [5.41, 5.74) is 5.58. The zero-order valence-electron chi connectivity index (χ0n) is 9.09.